The van der Waals surface area contributed by atoms with Gasteiger partial charge < -0.3 is 5.11 Å². The van der Waals surface area contributed by atoms with Gasteiger partial charge in [-0.05, 0) is 19.3 Å². The predicted octanol–water partition coefficient (Wildman–Crippen LogP) is 1.87. The predicted molar refractivity (Wildman–Crippen MR) is 73.9 cm³/mol. The third-order valence-corrected chi connectivity index (χ3v) is 4.95. The molecule has 0 amide bonds. The van der Waals surface area contributed by atoms with Crippen molar-refractivity contribution in [3.05, 3.63) is 16.1 Å². The molecule has 1 unspecified atom stereocenters. The Morgan fingerprint density at radius 2 is 2.11 bits per heavy atom. The van der Waals surface area contributed by atoms with Gasteiger partial charge in [-0.3, -0.25) is 0 Å². The Labute approximate surface area is 116 Å². The molecule has 0 bridgehead atoms. The Morgan fingerprint density at radius 1 is 1.47 bits per heavy atom. The summed E-state index contributed by atoms with van der Waals surface area (Å²) in [5.41, 5.74) is -0.0618. The number of rotatable bonds is 7. The van der Waals surface area contributed by atoms with E-state index in [9.17, 15) is 13.2 Å². The number of nitrogens with one attached hydrogen (secondary N) is 1. The lowest BCUT2D eigenvalue weighted by Gasteiger charge is -2.12. The maximum absolute atomic E-state index is 11.8. The van der Waals surface area contributed by atoms with E-state index in [1.54, 1.807) is 6.92 Å². The van der Waals surface area contributed by atoms with Gasteiger partial charge in [0, 0.05) is 5.38 Å². The van der Waals surface area contributed by atoms with Crippen LogP contribution in [0.4, 0.5) is 0 Å². The fraction of sp³-hybridized carbons (Fsp3) is 0.636. The molecule has 108 valence electrons. The molecule has 0 aromatic carbocycles. The molecule has 1 aromatic rings. The van der Waals surface area contributed by atoms with Crippen LogP contribution in [-0.2, 0) is 10.0 Å². The lowest BCUT2D eigenvalue weighted by molar-refractivity contribution is 0.0691. The fourth-order valence-corrected chi connectivity index (χ4v) is 3.78. The summed E-state index contributed by atoms with van der Waals surface area (Å²) in [6.45, 7) is 5.56. The van der Waals surface area contributed by atoms with Crippen LogP contribution in [0.1, 0.15) is 48.7 Å². The average Bonchev–Trinajstić information content (AvgIpc) is 2.75. The summed E-state index contributed by atoms with van der Waals surface area (Å²) >= 11 is 1.13. The molecule has 0 aliphatic rings. The highest BCUT2D eigenvalue weighted by atomic mass is 32.2. The van der Waals surface area contributed by atoms with Crippen LogP contribution < -0.4 is 4.72 Å². The monoisotopic (exact) mass is 306 g/mol. The highest BCUT2D eigenvalue weighted by Gasteiger charge is 2.19. The van der Waals surface area contributed by atoms with Crippen molar-refractivity contribution in [3.63, 3.8) is 0 Å². The van der Waals surface area contributed by atoms with Crippen molar-refractivity contribution < 1.29 is 18.3 Å². The molecule has 1 atom stereocenters. The van der Waals surface area contributed by atoms with Crippen LogP contribution in [0.2, 0.25) is 0 Å². The molecule has 0 aliphatic carbocycles. The van der Waals surface area contributed by atoms with E-state index >= 15 is 0 Å². The number of thiazole rings is 1. The molecular weight excluding hydrogens is 288 g/mol. The summed E-state index contributed by atoms with van der Waals surface area (Å²) in [4.78, 5) is 14.6. The van der Waals surface area contributed by atoms with Crippen molar-refractivity contribution in [2.75, 3.05) is 5.75 Å². The number of carboxylic acid groups (broad SMARTS) is 1. The van der Waals surface area contributed by atoms with Gasteiger partial charge in [0.15, 0.2) is 5.69 Å². The molecule has 19 heavy (non-hydrogen) atoms. The summed E-state index contributed by atoms with van der Waals surface area (Å²) in [6, 6.07) is -0.518. The number of hydrogen-bond donors (Lipinski definition) is 2. The Bertz CT molecular complexity index is 537. The highest BCUT2D eigenvalue weighted by Crippen LogP contribution is 2.19. The molecule has 0 saturated carbocycles. The maximum atomic E-state index is 11.8. The Kier molecular flexibility index (Phi) is 5.45. The second-order valence-electron chi connectivity index (χ2n) is 4.72. The lowest BCUT2D eigenvalue weighted by atomic mass is 10.2. The fourth-order valence-electron chi connectivity index (χ4n) is 1.35. The first-order valence-corrected chi connectivity index (χ1v) is 8.43. The van der Waals surface area contributed by atoms with Crippen molar-refractivity contribution in [1.82, 2.24) is 9.71 Å². The maximum Gasteiger partial charge on any atom is 0.355 e. The first-order chi connectivity index (χ1) is 8.71. The molecule has 0 spiro atoms. The summed E-state index contributed by atoms with van der Waals surface area (Å²) in [5.74, 6) is -0.741. The van der Waals surface area contributed by atoms with Crippen LogP contribution in [-0.4, -0.2) is 30.2 Å². The SMILES string of the molecule is CC(C)CCS(=O)(=O)NC(C)c1nc(C(=O)O)cs1. The van der Waals surface area contributed by atoms with Crippen molar-refractivity contribution in [3.8, 4) is 0 Å². The third kappa shape index (κ3) is 5.25. The van der Waals surface area contributed by atoms with E-state index in [4.69, 9.17) is 5.11 Å². The molecule has 1 aromatic heterocycles. The third-order valence-electron chi connectivity index (χ3n) is 2.43. The summed E-state index contributed by atoms with van der Waals surface area (Å²) in [7, 11) is -3.37. The van der Waals surface area contributed by atoms with Crippen LogP contribution >= 0.6 is 11.3 Å². The molecule has 6 nitrogen and oxygen atoms in total. The van der Waals surface area contributed by atoms with Crippen LogP contribution in [0.3, 0.4) is 0 Å². The number of sulfonamides is 1. The standard InChI is InChI=1S/C11H18N2O4S2/c1-7(2)4-5-19(16,17)13-8(3)10-12-9(6-18-10)11(14)15/h6-8,13H,4-5H2,1-3H3,(H,14,15). The number of aromatic nitrogens is 1. The highest BCUT2D eigenvalue weighted by molar-refractivity contribution is 7.89. The number of carboxylic acids is 1. The molecule has 1 heterocycles. The molecule has 0 aliphatic heterocycles. The van der Waals surface area contributed by atoms with Gasteiger partial charge in [-0.2, -0.15) is 0 Å². The van der Waals surface area contributed by atoms with Gasteiger partial charge in [0.05, 0.1) is 11.8 Å². The van der Waals surface area contributed by atoms with E-state index in [-0.39, 0.29) is 11.4 Å². The normalized spacial score (nSPS) is 13.7. The Hall–Kier alpha value is -0.990. The largest absolute Gasteiger partial charge is 0.476 e. The molecule has 1 rings (SSSR count). The Balaban J connectivity index is 2.67. The smallest absolute Gasteiger partial charge is 0.355 e. The van der Waals surface area contributed by atoms with Gasteiger partial charge in [0.25, 0.3) is 0 Å². The van der Waals surface area contributed by atoms with Gasteiger partial charge in [0.2, 0.25) is 10.0 Å². The van der Waals surface area contributed by atoms with Crippen LogP contribution in [0.5, 0.6) is 0 Å². The van der Waals surface area contributed by atoms with Crippen LogP contribution in [0.25, 0.3) is 0 Å². The zero-order valence-corrected chi connectivity index (χ0v) is 12.7. The zero-order chi connectivity index (χ0) is 14.6. The molecule has 0 radical (unpaired) electrons. The van der Waals surface area contributed by atoms with E-state index in [2.05, 4.69) is 9.71 Å². The van der Waals surface area contributed by atoms with E-state index in [0.29, 0.717) is 17.3 Å². The molecular formula is C11H18N2O4S2. The Morgan fingerprint density at radius 3 is 2.58 bits per heavy atom. The minimum absolute atomic E-state index is 0.0617. The van der Waals surface area contributed by atoms with Gasteiger partial charge in [0.1, 0.15) is 5.01 Å². The van der Waals surface area contributed by atoms with Crippen molar-refractivity contribution in [2.24, 2.45) is 5.92 Å². The van der Waals surface area contributed by atoms with Crippen molar-refractivity contribution in [1.29, 1.82) is 0 Å². The van der Waals surface area contributed by atoms with Crippen LogP contribution in [0, 0.1) is 5.92 Å². The summed E-state index contributed by atoms with van der Waals surface area (Å²) < 4.78 is 26.1. The van der Waals surface area contributed by atoms with E-state index in [1.807, 2.05) is 13.8 Å². The number of carbonyl (C=O) groups is 1. The van der Waals surface area contributed by atoms with Crippen LogP contribution in [0.15, 0.2) is 5.38 Å². The number of aromatic carboxylic acids is 1. The van der Waals surface area contributed by atoms with E-state index in [1.165, 1.54) is 5.38 Å². The topological polar surface area (TPSA) is 96.4 Å². The second-order valence-corrected chi connectivity index (χ2v) is 7.48. The van der Waals surface area contributed by atoms with Gasteiger partial charge in [-0.25, -0.2) is 22.9 Å². The van der Waals surface area contributed by atoms with Crippen molar-refractivity contribution in [2.45, 2.75) is 33.2 Å². The summed E-state index contributed by atoms with van der Waals surface area (Å²) in [6.07, 6.45) is 0.584. The summed E-state index contributed by atoms with van der Waals surface area (Å²) in [5, 5.41) is 10.6. The van der Waals surface area contributed by atoms with Gasteiger partial charge in [-0.1, -0.05) is 13.8 Å². The second kappa shape index (κ2) is 6.44. The lowest BCUT2D eigenvalue weighted by Crippen LogP contribution is -2.29. The average molecular weight is 306 g/mol. The van der Waals surface area contributed by atoms with E-state index < -0.39 is 22.0 Å². The van der Waals surface area contributed by atoms with Gasteiger partial charge in [-0.15, -0.1) is 11.3 Å². The molecule has 8 heteroatoms. The molecule has 0 saturated heterocycles. The minimum Gasteiger partial charge on any atom is -0.476 e. The first kappa shape index (κ1) is 16.1. The van der Waals surface area contributed by atoms with E-state index in [0.717, 1.165) is 11.3 Å². The quantitative estimate of drug-likeness (QED) is 0.801. The van der Waals surface area contributed by atoms with Gasteiger partial charge >= 0.3 is 5.97 Å². The number of nitrogens with zero attached hydrogens (tertiary/aromatic N) is 1. The molecule has 2 N–H and O–H groups in total. The number of hydrogen-bond acceptors (Lipinski definition) is 5. The molecule has 0 fully saturated rings. The minimum atomic E-state index is -3.37. The first-order valence-electron chi connectivity index (χ1n) is 5.90. The van der Waals surface area contributed by atoms with Crippen molar-refractivity contribution >= 4 is 27.3 Å². The zero-order valence-electron chi connectivity index (χ0n) is 11.1.